The number of methoxy groups -OCH3 is 1. The van der Waals surface area contributed by atoms with Gasteiger partial charge in [0.1, 0.15) is 6.33 Å². The molecule has 1 aromatic heterocycles. The van der Waals surface area contributed by atoms with E-state index in [2.05, 4.69) is 43.7 Å². The summed E-state index contributed by atoms with van der Waals surface area (Å²) in [4.78, 5) is 23.1. The Morgan fingerprint density at radius 2 is 2.13 bits per heavy atom. The Labute approximate surface area is 175 Å². The number of fused-ring (bicyclic) bond motifs is 1. The Kier molecular flexibility index (Phi) is 6.41. The van der Waals surface area contributed by atoms with Crippen LogP contribution in [0.1, 0.15) is 21.6 Å². The van der Waals surface area contributed by atoms with E-state index >= 15 is 0 Å². The van der Waals surface area contributed by atoms with Crippen molar-refractivity contribution < 1.29 is 19.4 Å². The van der Waals surface area contributed by atoms with Crippen molar-refractivity contribution in [2.75, 3.05) is 45.3 Å². The third-order valence-corrected chi connectivity index (χ3v) is 5.38. The van der Waals surface area contributed by atoms with Crippen LogP contribution in [0.25, 0.3) is 0 Å². The van der Waals surface area contributed by atoms with Crippen LogP contribution < -0.4 is 15.4 Å². The van der Waals surface area contributed by atoms with E-state index in [4.69, 9.17) is 9.47 Å². The molecule has 0 saturated carbocycles. The summed E-state index contributed by atoms with van der Waals surface area (Å²) in [5, 5.41) is 16.4. The molecule has 1 unspecified atom stereocenters. The second-order valence-corrected chi connectivity index (χ2v) is 7.60. The topological polar surface area (TPSA) is 109 Å². The highest BCUT2D eigenvalue weighted by atomic mass is 16.5. The lowest BCUT2D eigenvalue weighted by atomic mass is 10.00. The molecule has 160 valence electrons. The predicted octanol–water partition coefficient (Wildman–Crippen LogP) is 0.445. The Hall–Kier alpha value is -2.75. The summed E-state index contributed by atoms with van der Waals surface area (Å²) in [6, 6.07) is 8.51. The van der Waals surface area contributed by atoms with E-state index in [1.54, 1.807) is 0 Å². The standard InChI is InChI=1S/C21H27N5O4/c1-29-19-18(23-13-24-20(19)25-16-11-30-12-16)21(28)22-8-17(27)10-26-7-6-14-4-2-3-5-15(14)9-26/h2-5,13,16-17,27H,6-12H2,1H3,(H,22,28)(H,23,24,25). The summed E-state index contributed by atoms with van der Waals surface area (Å²) in [6.45, 7) is 3.49. The van der Waals surface area contributed by atoms with Gasteiger partial charge in [0.05, 0.1) is 32.5 Å². The molecule has 9 nitrogen and oxygen atoms in total. The van der Waals surface area contributed by atoms with Crippen molar-refractivity contribution in [1.82, 2.24) is 20.2 Å². The number of aliphatic hydroxyl groups is 1. The lowest BCUT2D eigenvalue weighted by Gasteiger charge is -2.30. The summed E-state index contributed by atoms with van der Waals surface area (Å²) in [5.74, 6) is 0.327. The number of carbonyl (C=O) groups excluding carboxylic acids is 1. The van der Waals surface area contributed by atoms with Crippen molar-refractivity contribution in [2.24, 2.45) is 0 Å². The van der Waals surface area contributed by atoms with Crippen LogP contribution in [0.3, 0.4) is 0 Å². The van der Waals surface area contributed by atoms with Crippen LogP contribution >= 0.6 is 0 Å². The summed E-state index contributed by atoms with van der Waals surface area (Å²) in [6.07, 6.45) is 1.60. The molecule has 0 aliphatic carbocycles. The minimum atomic E-state index is -0.684. The first kappa shape index (κ1) is 20.5. The number of carbonyl (C=O) groups is 1. The fourth-order valence-electron chi connectivity index (χ4n) is 3.71. The Morgan fingerprint density at radius 3 is 2.87 bits per heavy atom. The van der Waals surface area contributed by atoms with E-state index in [-0.39, 0.29) is 24.0 Å². The average molecular weight is 413 g/mol. The highest BCUT2D eigenvalue weighted by molar-refractivity contribution is 5.96. The number of aliphatic hydroxyl groups excluding tert-OH is 1. The summed E-state index contributed by atoms with van der Waals surface area (Å²) >= 11 is 0. The van der Waals surface area contributed by atoms with Crippen LogP contribution in [0, 0.1) is 0 Å². The summed E-state index contributed by atoms with van der Waals surface area (Å²) in [5.41, 5.74) is 2.79. The van der Waals surface area contributed by atoms with Gasteiger partial charge in [-0.2, -0.15) is 0 Å². The quantitative estimate of drug-likeness (QED) is 0.572. The predicted molar refractivity (Wildman–Crippen MR) is 111 cm³/mol. The van der Waals surface area contributed by atoms with Crippen LogP contribution in [0.2, 0.25) is 0 Å². The smallest absolute Gasteiger partial charge is 0.274 e. The zero-order valence-corrected chi connectivity index (χ0v) is 17.0. The van der Waals surface area contributed by atoms with Crippen LogP contribution in [-0.4, -0.2) is 78.0 Å². The van der Waals surface area contributed by atoms with Gasteiger partial charge in [-0.3, -0.25) is 9.69 Å². The van der Waals surface area contributed by atoms with Gasteiger partial charge in [0, 0.05) is 26.2 Å². The molecule has 30 heavy (non-hydrogen) atoms. The number of hydrogen-bond acceptors (Lipinski definition) is 8. The third-order valence-electron chi connectivity index (χ3n) is 5.38. The van der Waals surface area contributed by atoms with Crippen LogP contribution in [0.5, 0.6) is 5.75 Å². The second kappa shape index (κ2) is 9.38. The Bertz CT molecular complexity index is 889. The van der Waals surface area contributed by atoms with E-state index < -0.39 is 12.0 Å². The van der Waals surface area contributed by atoms with E-state index in [1.807, 2.05) is 6.07 Å². The fourth-order valence-corrected chi connectivity index (χ4v) is 3.71. The Morgan fingerprint density at radius 1 is 1.33 bits per heavy atom. The zero-order chi connectivity index (χ0) is 20.9. The van der Waals surface area contributed by atoms with Gasteiger partial charge in [-0.1, -0.05) is 24.3 Å². The number of β-amino-alcohol motifs (C(OH)–C–C–N with tert-alkyl or cyclic N) is 1. The minimum absolute atomic E-state index is 0.128. The summed E-state index contributed by atoms with van der Waals surface area (Å²) in [7, 11) is 1.47. The van der Waals surface area contributed by atoms with E-state index in [9.17, 15) is 9.90 Å². The van der Waals surface area contributed by atoms with Crippen LogP contribution in [0.4, 0.5) is 5.82 Å². The van der Waals surface area contributed by atoms with Crippen molar-refractivity contribution in [3.8, 4) is 5.75 Å². The second-order valence-electron chi connectivity index (χ2n) is 7.60. The number of rotatable bonds is 8. The fraction of sp³-hybridized carbons (Fsp3) is 0.476. The molecule has 3 heterocycles. The van der Waals surface area contributed by atoms with Gasteiger partial charge in [0.15, 0.2) is 17.3 Å². The third kappa shape index (κ3) is 4.69. The molecule has 2 aromatic rings. The number of amides is 1. The molecule has 0 bridgehead atoms. The number of nitrogens with one attached hydrogen (secondary N) is 2. The van der Waals surface area contributed by atoms with Gasteiger partial charge >= 0.3 is 0 Å². The number of benzene rings is 1. The summed E-state index contributed by atoms with van der Waals surface area (Å²) < 4.78 is 10.5. The maximum absolute atomic E-state index is 12.6. The lowest BCUT2D eigenvalue weighted by Crippen LogP contribution is -2.42. The molecule has 4 rings (SSSR count). The largest absolute Gasteiger partial charge is 0.491 e. The normalized spacial score (nSPS) is 17.5. The van der Waals surface area contributed by atoms with Gasteiger partial charge in [-0.15, -0.1) is 0 Å². The van der Waals surface area contributed by atoms with Gasteiger partial charge in [-0.05, 0) is 17.5 Å². The SMILES string of the molecule is COc1c(NC2COC2)ncnc1C(=O)NCC(O)CN1CCc2ccccc2C1. The minimum Gasteiger partial charge on any atom is -0.491 e. The van der Waals surface area contributed by atoms with Crippen molar-refractivity contribution >= 4 is 11.7 Å². The number of anilines is 1. The molecule has 2 aliphatic rings. The van der Waals surface area contributed by atoms with Gasteiger partial charge in [-0.25, -0.2) is 9.97 Å². The van der Waals surface area contributed by atoms with E-state index in [1.165, 1.54) is 24.6 Å². The van der Waals surface area contributed by atoms with Gasteiger partial charge in [0.2, 0.25) is 0 Å². The van der Waals surface area contributed by atoms with Gasteiger partial charge < -0.3 is 25.2 Å². The molecule has 1 atom stereocenters. The molecule has 1 saturated heterocycles. The van der Waals surface area contributed by atoms with Crippen LogP contribution in [0.15, 0.2) is 30.6 Å². The van der Waals surface area contributed by atoms with Crippen molar-refractivity contribution in [3.63, 3.8) is 0 Å². The van der Waals surface area contributed by atoms with E-state index in [0.29, 0.717) is 25.6 Å². The molecule has 0 spiro atoms. The highest BCUT2D eigenvalue weighted by Gasteiger charge is 2.25. The molecular weight excluding hydrogens is 386 g/mol. The Balaban J connectivity index is 1.31. The maximum atomic E-state index is 12.6. The van der Waals surface area contributed by atoms with Crippen molar-refractivity contribution in [2.45, 2.75) is 25.1 Å². The van der Waals surface area contributed by atoms with Crippen LogP contribution in [-0.2, 0) is 17.7 Å². The molecule has 1 fully saturated rings. The van der Waals surface area contributed by atoms with Crippen molar-refractivity contribution in [3.05, 3.63) is 47.4 Å². The molecular formula is C21H27N5O4. The number of aromatic nitrogens is 2. The number of nitrogens with zero attached hydrogens (tertiary/aromatic N) is 3. The molecule has 2 aliphatic heterocycles. The molecule has 3 N–H and O–H groups in total. The first-order valence-corrected chi connectivity index (χ1v) is 10.1. The van der Waals surface area contributed by atoms with E-state index in [0.717, 1.165) is 19.5 Å². The first-order chi connectivity index (χ1) is 14.6. The monoisotopic (exact) mass is 413 g/mol. The van der Waals surface area contributed by atoms with Crippen molar-refractivity contribution in [1.29, 1.82) is 0 Å². The number of hydrogen-bond donors (Lipinski definition) is 3. The number of ether oxygens (including phenoxy) is 2. The molecule has 1 aromatic carbocycles. The molecule has 9 heteroatoms. The highest BCUT2D eigenvalue weighted by Crippen LogP contribution is 2.26. The van der Waals surface area contributed by atoms with Gasteiger partial charge in [0.25, 0.3) is 5.91 Å². The lowest BCUT2D eigenvalue weighted by molar-refractivity contribution is 0.0208. The average Bonchev–Trinajstić information content (AvgIpc) is 2.74. The maximum Gasteiger partial charge on any atom is 0.274 e. The molecule has 0 radical (unpaired) electrons. The molecule has 1 amide bonds. The zero-order valence-electron chi connectivity index (χ0n) is 17.0. The first-order valence-electron chi connectivity index (χ1n) is 10.1.